The summed E-state index contributed by atoms with van der Waals surface area (Å²) in [6.45, 7) is 5.89. The van der Waals surface area contributed by atoms with E-state index in [1.807, 2.05) is 0 Å². The summed E-state index contributed by atoms with van der Waals surface area (Å²) in [5.41, 5.74) is 5.43. The van der Waals surface area contributed by atoms with Crippen molar-refractivity contribution in [3.63, 3.8) is 0 Å². The third-order valence-electron chi connectivity index (χ3n) is 2.57. The Labute approximate surface area is 118 Å². The standard InChI is InChI=1S/C13H19FN2O3S/c1-3-4-6-19-7-5-16-20(17,18)11-8-10(2)13(14)12(15)9-11/h3,8-9,16H,1,4-7,15H2,2H3. The summed E-state index contributed by atoms with van der Waals surface area (Å²) in [6.07, 6.45) is 2.43. The molecule has 0 heterocycles. The SMILES string of the molecule is C=CCCOCCNS(=O)(=O)c1cc(C)c(F)c(N)c1. The summed E-state index contributed by atoms with van der Waals surface area (Å²) in [4.78, 5) is -0.0556. The van der Waals surface area contributed by atoms with Gasteiger partial charge in [0.2, 0.25) is 10.0 Å². The average Bonchev–Trinajstić information content (AvgIpc) is 2.39. The van der Waals surface area contributed by atoms with Crippen LogP contribution in [-0.2, 0) is 14.8 Å². The van der Waals surface area contributed by atoms with Crippen molar-refractivity contribution < 1.29 is 17.5 Å². The smallest absolute Gasteiger partial charge is 0.240 e. The first kappa shape index (κ1) is 16.6. The Hall–Kier alpha value is -1.44. The lowest BCUT2D eigenvalue weighted by molar-refractivity contribution is 0.144. The Balaban J connectivity index is 2.63. The van der Waals surface area contributed by atoms with E-state index in [4.69, 9.17) is 10.5 Å². The van der Waals surface area contributed by atoms with Crippen LogP contribution in [0, 0.1) is 12.7 Å². The Morgan fingerprint density at radius 2 is 2.15 bits per heavy atom. The van der Waals surface area contributed by atoms with Gasteiger partial charge in [-0.25, -0.2) is 17.5 Å². The molecule has 0 saturated heterocycles. The van der Waals surface area contributed by atoms with Crippen molar-refractivity contribution in [2.24, 2.45) is 0 Å². The zero-order valence-electron chi connectivity index (χ0n) is 11.4. The maximum absolute atomic E-state index is 13.4. The molecule has 0 aliphatic heterocycles. The molecule has 0 aromatic heterocycles. The van der Waals surface area contributed by atoms with Crippen molar-refractivity contribution >= 4 is 15.7 Å². The molecule has 1 aromatic carbocycles. The second-order valence-corrected chi connectivity index (χ2v) is 6.00. The van der Waals surface area contributed by atoms with Gasteiger partial charge in [0.15, 0.2) is 0 Å². The molecule has 0 fully saturated rings. The van der Waals surface area contributed by atoms with Crippen LogP contribution in [0.25, 0.3) is 0 Å². The maximum Gasteiger partial charge on any atom is 0.240 e. The van der Waals surface area contributed by atoms with E-state index < -0.39 is 15.8 Å². The molecule has 20 heavy (non-hydrogen) atoms. The zero-order valence-corrected chi connectivity index (χ0v) is 12.2. The topological polar surface area (TPSA) is 81.4 Å². The number of aryl methyl sites for hydroxylation is 1. The molecule has 0 radical (unpaired) electrons. The van der Waals surface area contributed by atoms with Crippen LogP contribution in [0.4, 0.5) is 10.1 Å². The molecular weight excluding hydrogens is 283 g/mol. The van der Waals surface area contributed by atoms with Crippen molar-refractivity contribution in [3.8, 4) is 0 Å². The minimum Gasteiger partial charge on any atom is -0.396 e. The van der Waals surface area contributed by atoms with Crippen LogP contribution in [0.3, 0.4) is 0 Å². The molecule has 0 unspecified atom stereocenters. The van der Waals surface area contributed by atoms with Gasteiger partial charge in [-0.3, -0.25) is 0 Å². The summed E-state index contributed by atoms with van der Waals surface area (Å²) in [7, 11) is -3.71. The number of anilines is 1. The number of sulfonamides is 1. The summed E-state index contributed by atoms with van der Waals surface area (Å²) < 4.78 is 44.9. The van der Waals surface area contributed by atoms with Crippen LogP contribution < -0.4 is 10.5 Å². The molecular formula is C13H19FN2O3S. The number of nitrogens with two attached hydrogens (primary N) is 1. The van der Waals surface area contributed by atoms with Crippen molar-refractivity contribution in [2.45, 2.75) is 18.2 Å². The second kappa shape index (κ2) is 7.37. The highest BCUT2D eigenvalue weighted by Gasteiger charge is 2.16. The third-order valence-corrected chi connectivity index (χ3v) is 4.01. The molecule has 0 atom stereocenters. The molecule has 0 spiro atoms. The van der Waals surface area contributed by atoms with Crippen LogP contribution in [0.15, 0.2) is 29.7 Å². The van der Waals surface area contributed by atoms with E-state index in [0.717, 1.165) is 6.07 Å². The predicted octanol–water partition coefficient (Wildman–Crippen LogP) is 1.59. The number of halogens is 1. The van der Waals surface area contributed by atoms with Crippen LogP contribution in [-0.4, -0.2) is 28.2 Å². The Bertz CT molecular complexity index is 550. The molecule has 3 N–H and O–H groups in total. The molecule has 0 bridgehead atoms. The number of hydrogen-bond acceptors (Lipinski definition) is 4. The van der Waals surface area contributed by atoms with Gasteiger partial charge in [0, 0.05) is 6.54 Å². The van der Waals surface area contributed by atoms with E-state index in [0.29, 0.717) is 13.0 Å². The second-order valence-electron chi connectivity index (χ2n) is 4.23. The number of rotatable bonds is 8. The fraction of sp³-hybridized carbons (Fsp3) is 0.385. The van der Waals surface area contributed by atoms with Crippen LogP contribution >= 0.6 is 0 Å². The normalized spacial score (nSPS) is 11.5. The first-order valence-electron chi connectivity index (χ1n) is 6.12. The predicted molar refractivity (Wildman–Crippen MR) is 76.4 cm³/mol. The monoisotopic (exact) mass is 302 g/mol. The highest BCUT2D eigenvalue weighted by atomic mass is 32.2. The number of nitrogens with one attached hydrogen (secondary N) is 1. The Kier molecular flexibility index (Phi) is 6.12. The summed E-state index contributed by atoms with van der Waals surface area (Å²) in [6, 6.07) is 2.34. The number of ether oxygens (including phenoxy) is 1. The average molecular weight is 302 g/mol. The fourth-order valence-corrected chi connectivity index (χ4v) is 2.65. The highest BCUT2D eigenvalue weighted by molar-refractivity contribution is 7.89. The first-order valence-corrected chi connectivity index (χ1v) is 7.60. The molecule has 0 aliphatic carbocycles. The van der Waals surface area contributed by atoms with E-state index in [1.165, 1.54) is 13.0 Å². The van der Waals surface area contributed by atoms with E-state index >= 15 is 0 Å². The van der Waals surface area contributed by atoms with Gasteiger partial charge < -0.3 is 10.5 Å². The maximum atomic E-state index is 13.4. The number of hydrogen-bond donors (Lipinski definition) is 2. The van der Waals surface area contributed by atoms with Crippen molar-refractivity contribution in [1.29, 1.82) is 0 Å². The summed E-state index contributed by atoms with van der Waals surface area (Å²) in [5, 5.41) is 0. The van der Waals surface area contributed by atoms with E-state index in [-0.39, 0.29) is 29.3 Å². The Morgan fingerprint density at radius 3 is 2.75 bits per heavy atom. The summed E-state index contributed by atoms with van der Waals surface area (Å²) in [5.74, 6) is -0.600. The lowest BCUT2D eigenvalue weighted by atomic mass is 10.2. The van der Waals surface area contributed by atoms with Gasteiger partial charge in [0.25, 0.3) is 0 Å². The van der Waals surface area contributed by atoms with Gasteiger partial charge in [-0.05, 0) is 31.0 Å². The highest BCUT2D eigenvalue weighted by Crippen LogP contribution is 2.20. The van der Waals surface area contributed by atoms with Gasteiger partial charge in [0.1, 0.15) is 5.82 Å². The van der Waals surface area contributed by atoms with Gasteiger partial charge in [-0.1, -0.05) is 6.08 Å². The quantitative estimate of drug-likeness (QED) is 0.434. The number of benzene rings is 1. The van der Waals surface area contributed by atoms with E-state index in [1.54, 1.807) is 6.08 Å². The van der Waals surface area contributed by atoms with Crippen LogP contribution in [0.5, 0.6) is 0 Å². The largest absolute Gasteiger partial charge is 0.396 e. The van der Waals surface area contributed by atoms with Crippen molar-refractivity contribution in [1.82, 2.24) is 4.72 Å². The molecule has 1 aromatic rings. The van der Waals surface area contributed by atoms with Crippen LogP contribution in [0.2, 0.25) is 0 Å². The van der Waals surface area contributed by atoms with Crippen molar-refractivity contribution in [3.05, 3.63) is 36.2 Å². The minimum atomic E-state index is -3.71. The minimum absolute atomic E-state index is 0.0556. The third kappa shape index (κ3) is 4.59. The molecule has 5 nitrogen and oxygen atoms in total. The zero-order chi connectivity index (χ0) is 15.2. The number of nitrogen functional groups attached to an aromatic ring is 1. The van der Waals surface area contributed by atoms with Crippen LogP contribution in [0.1, 0.15) is 12.0 Å². The first-order chi connectivity index (χ1) is 9.38. The summed E-state index contributed by atoms with van der Waals surface area (Å²) >= 11 is 0. The van der Waals surface area contributed by atoms with Gasteiger partial charge in [0.05, 0.1) is 23.8 Å². The van der Waals surface area contributed by atoms with E-state index in [2.05, 4.69) is 11.3 Å². The van der Waals surface area contributed by atoms with Gasteiger partial charge in [-0.2, -0.15) is 0 Å². The molecule has 0 amide bonds. The Morgan fingerprint density at radius 1 is 1.45 bits per heavy atom. The van der Waals surface area contributed by atoms with Gasteiger partial charge in [-0.15, -0.1) is 6.58 Å². The molecule has 0 aliphatic rings. The molecule has 1 rings (SSSR count). The lowest BCUT2D eigenvalue weighted by Crippen LogP contribution is -2.27. The lowest BCUT2D eigenvalue weighted by Gasteiger charge is -2.09. The molecule has 7 heteroatoms. The van der Waals surface area contributed by atoms with E-state index in [9.17, 15) is 12.8 Å². The van der Waals surface area contributed by atoms with Gasteiger partial charge >= 0.3 is 0 Å². The molecule has 0 saturated carbocycles. The molecule has 112 valence electrons. The fourth-order valence-electron chi connectivity index (χ4n) is 1.52. The van der Waals surface area contributed by atoms with Crippen molar-refractivity contribution in [2.75, 3.05) is 25.5 Å².